The van der Waals surface area contributed by atoms with Crippen LogP contribution in [0.1, 0.15) is 49.7 Å². The van der Waals surface area contributed by atoms with Gasteiger partial charge in [-0.2, -0.15) is 0 Å². The topological polar surface area (TPSA) is 45.0 Å². The predicted molar refractivity (Wildman–Crippen MR) is 94.3 cm³/mol. The van der Waals surface area contributed by atoms with Crippen LogP contribution in [-0.2, 0) is 0 Å². The van der Waals surface area contributed by atoms with Gasteiger partial charge in [0, 0.05) is 35.6 Å². The van der Waals surface area contributed by atoms with Gasteiger partial charge in [-0.15, -0.1) is 0 Å². The van der Waals surface area contributed by atoms with E-state index in [1.54, 1.807) is 0 Å². The Morgan fingerprint density at radius 2 is 2.23 bits per heavy atom. The molecule has 1 aliphatic heterocycles. The molecule has 0 spiro atoms. The third-order valence-electron chi connectivity index (χ3n) is 5.16. The van der Waals surface area contributed by atoms with Gasteiger partial charge in [-0.05, 0) is 57.0 Å². The molecule has 0 radical (unpaired) electrons. The van der Waals surface area contributed by atoms with Gasteiger partial charge in [0.15, 0.2) is 0 Å². The fourth-order valence-corrected chi connectivity index (χ4v) is 4.09. The quantitative estimate of drug-likeness (QED) is 0.882. The van der Waals surface area contributed by atoms with Gasteiger partial charge in [0.1, 0.15) is 0 Å². The lowest BCUT2D eigenvalue weighted by atomic mass is 9.84. The summed E-state index contributed by atoms with van der Waals surface area (Å²) in [6.45, 7) is 7.60. The number of aromatic amines is 1. The van der Waals surface area contributed by atoms with E-state index in [2.05, 4.69) is 48.1 Å². The number of hydrogen-bond acceptors (Lipinski definition) is 2. The average Bonchev–Trinajstić information content (AvgIpc) is 2.93. The maximum Gasteiger partial charge on any atom is 0.0457 e. The maximum atomic E-state index is 6.24. The molecule has 3 heteroatoms. The maximum absolute atomic E-state index is 6.24. The van der Waals surface area contributed by atoms with Crippen molar-refractivity contribution in [1.82, 2.24) is 9.88 Å². The summed E-state index contributed by atoms with van der Waals surface area (Å²) in [5, 5.41) is 1.36. The molecule has 2 atom stereocenters. The number of piperidine rings is 1. The molecule has 1 aromatic carbocycles. The van der Waals surface area contributed by atoms with Crippen LogP contribution in [0.2, 0.25) is 0 Å². The zero-order chi connectivity index (χ0) is 15.5. The van der Waals surface area contributed by atoms with Crippen molar-refractivity contribution in [3.63, 3.8) is 0 Å². The van der Waals surface area contributed by atoms with Gasteiger partial charge in [0.05, 0.1) is 0 Å². The number of nitrogens with one attached hydrogen (secondary N) is 1. The zero-order valence-corrected chi connectivity index (χ0v) is 13.9. The lowest BCUT2D eigenvalue weighted by Gasteiger charge is -2.40. The molecule has 120 valence electrons. The Hall–Kier alpha value is -1.32. The Morgan fingerprint density at radius 1 is 1.36 bits per heavy atom. The fourth-order valence-electron chi connectivity index (χ4n) is 4.09. The van der Waals surface area contributed by atoms with Gasteiger partial charge in [0.2, 0.25) is 0 Å². The number of nitrogens with two attached hydrogens (primary N) is 1. The van der Waals surface area contributed by atoms with Crippen LogP contribution in [0.25, 0.3) is 10.9 Å². The molecule has 2 aromatic rings. The molecule has 3 rings (SSSR count). The molecule has 1 saturated heterocycles. The molecule has 1 fully saturated rings. The van der Waals surface area contributed by atoms with Crippen LogP contribution in [0, 0.1) is 6.92 Å². The summed E-state index contributed by atoms with van der Waals surface area (Å²) in [5.74, 6) is 0.433. The van der Waals surface area contributed by atoms with Crippen molar-refractivity contribution >= 4 is 10.9 Å². The van der Waals surface area contributed by atoms with Crippen molar-refractivity contribution in [3.8, 4) is 0 Å². The second-order valence-corrected chi connectivity index (χ2v) is 6.73. The highest BCUT2D eigenvalue weighted by atomic mass is 15.2. The zero-order valence-electron chi connectivity index (χ0n) is 13.9. The third kappa shape index (κ3) is 2.92. The summed E-state index contributed by atoms with van der Waals surface area (Å²) < 4.78 is 0. The first-order valence-electron chi connectivity index (χ1n) is 8.76. The molecule has 3 nitrogen and oxygen atoms in total. The number of aryl methyl sites for hydroxylation is 1. The lowest BCUT2D eigenvalue weighted by molar-refractivity contribution is 0.127. The minimum Gasteiger partial charge on any atom is -0.361 e. The van der Waals surface area contributed by atoms with Crippen molar-refractivity contribution in [3.05, 3.63) is 35.5 Å². The van der Waals surface area contributed by atoms with E-state index in [1.807, 2.05) is 0 Å². The summed E-state index contributed by atoms with van der Waals surface area (Å²) in [6, 6.07) is 7.26. The molecule has 1 aliphatic rings. The van der Waals surface area contributed by atoms with Crippen molar-refractivity contribution < 1.29 is 0 Å². The van der Waals surface area contributed by atoms with E-state index >= 15 is 0 Å². The lowest BCUT2D eigenvalue weighted by Crippen LogP contribution is -2.45. The van der Waals surface area contributed by atoms with Gasteiger partial charge >= 0.3 is 0 Å². The first-order chi connectivity index (χ1) is 10.7. The minimum absolute atomic E-state index is 0.433. The molecular weight excluding hydrogens is 270 g/mol. The number of aromatic nitrogens is 1. The number of hydrogen-bond donors (Lipinski definition) is 2. The van der Waals surface area contributed by atoms with Crippen LogP contribution in [0.15, 0.2) is 24.4 Å². The number of likely N-dealkylation sites (tertiary alicyclic amines) is 1. The van der Waals surface area contributed by atoms with Crippen LogP contribution in [0.3, 0.4) is 0 Å². The van der Waals surface area contributed by atoms with Gasteiger partial charge in [0.25, 0.3) is 0 Å². The van der Waals surface area contributed by atoms with E-state index in [0.29, 0.717) is 12.0 Å². The largest absolute Gasteiger partial charge is 0.361 e. The fraction of sp³-hybridized carbons (Fsp3) is 0.579. The molecule has 0 bridgehead atoms. The highest BCUT2D eigenvalue weighted by Crippen LogP contribution is 2.34. The van der Waals surface area contributed by atoms with E-state index in [9.17, 15) is 0 Å². The van der Waals surface area contributed by atoms with Crippen molar-refractivity contribution in [2.24, 2.45) is 5.73 Å². The molecule has 2 heterocycles. The van der Waals surface area contributed by atoms with Crippen LogP contribution < -0.4 is 5.73 Å². The van der Waals surface area contributed by atoms with Crippen molar-refractivity contribution in [1.29, 1.82) is 0 Å². The smallest absolute Gasteiger partial charge is 0.0457 e. The van der Waals surface area contributed by atoms with E-state index < -0.39 is 0 Å². The normalized spacial score (nSPS) is 21.3. The summed E-state index contributed by atoms with van der Waals surface area (Å²) in [7, 11) is 0. The number of H-pyrrole nitrogens is 1. The van der Waals surface area contributed by atoms with Gasteiger partial charge in [-0.25, -0.2) is 0 Å². The Bertz CT molecular complexity index is 614. The first kappa shape index (κ1) is 15.6. The van der Waals surface area contributed by atoms with Crippen LogP contribution in [0.5, 0.6) is 0 Å². The average molecular weight is 299 g/mol. The van der Waals surface area contributed by atoms with Crippen molar-refractivity contribution in [2.45, 2.75) is 51.5 Å². The molecule has 0 aliphatic carbocycles. The second kappa shape index (κ2) is 6.84. The Balaban J connectivity index is 1.96. The van der Waals surface area contributed by atoms with Crippen LogP contribution >= 0.6 is 0 Å². The van der Waals surface area contributed by atoms with E-state index in [0.717, 1.165) is 6.54 Å². The van der Waals surface area contributed by atoms with Gasteiger partial charge in [-0.3, -0.25) is 4.90 Å². The van der Waals surface area contributed by atoms with Crippen LogP contribution in [-0.4, -0.2) is 35.6 Å². The Kier molecular flexibility index (Phi) is 4.84. The standard InChI is InChI=1S/C19H29N3/c1-3-9-22-10-5-4-6-19(22)16(12-20)17-13-21-18-8-7-14(2)11-15(17)18/h7-8,11,13,16,19,21H,3-6,9-10,12,20H2,1-2H3. The molecular formula is C19H29N3. The molecule has 0 saturated carbocycles. The van der Waals surface area contributed by atoms with E-state index in [-0.39, 0.29) is 0 Å². The van der Waals surface area contributed by atoms with Crippen molar-refractivity contribution in [2.75, 3.05) is 19.6 Å². The van der Waals surface area contributed by atoms with Gasteiger partial charge in [-0.1, -0.05) is 25.0 Å². The number of rotatable bonds is 5. The molecule has 1 aromatic heterocycles. The highest BCUT2D eigenvalue weighted by molar-refractivity contribution is 5.84. The Labute approximate surface area is 133 Å². The van der Waals surface area contributed by atoms with Crippen LogP contribution in [0.4, 0.5) is 0 Å². The summed E-state index contributed by atoms with van der Waals surface area (Å²) >= 11 is 0. The predicted octanol–water partition coefficient (Wildman–Crippen LogP) is 3.78. The minimum atomic E-state index is 0.433. The first-order valence-corrected chi connectivity index (χ1v) is 8.76. The third-order valence-corrected chi connectivity index (χ3v) is 5.16. The van der Waals surface area contributed by atoms with E-state index in [1.165, 1.54) is 60.8 Å². The monoisotopic (exact) mass is 299 g/mol. The highest BCUT2D eigenvalue weighted by Gasteiger charge is 2.30. The second-order valence-electron chi connectivity index (χ2n) is 6.73. The summed E-state index contributed by atoms with van der Waals surface area (Å²) in [5.41, 5.74) is 10.2. The molecule has 3 N–H and O–H groups in total. The van der Waals surface area contributed by atoms with E-state index in [4.69, 9.17) is 5.73 Å². The number of fused-ring (bicyclic) bond motifs is 1. The number of nitrogens with zero attached hydrogens (tertiary/aromatic N) is 1. The summed E-state index contributed by atoms with van der Waals surface area (Å²) in [6.07, 6.45) is 7.37. The molecule has 22 heavy (non-hydrogen) atoms. The Morgan fingerprint density at radius 3 is 3.00 bits per heavy atom. The molecule has 0 amide bonds. The SMILES string of the molecule is CCCN1CCCCC1C(CN)c1c[nH]c2ccc(C)cc12. The number of benzene rings is 1. The molecule has 2 unspecified atom stereocenters. The summed E-state index contributed by atoms with van der Waals surface area (Å²) in [4.78, 5) is 6.12. The van der Waals surface area contributed by atoms with Gasteiger partial charge < -0.3 is 10.7 Å².